The van der Waals surface area contributed by atoms with Gasteiger partial charge in [-0.25, -0.2) is 14.2 Å². The normalized spacial score (nSPS) is 25.5. The number of carbonyl (C=O) groups excluding carboxylic acids is 1. The number of benzene rings is 1. The first-order valence-corrected chi connectivity index (χ1v) is 11.8. The second-order valence-corrected chi connectivity index (χ2v) is 9.04. The lowest BCUT2D eigenvalue weighted by molar-refractivity contribution is 0.0322. The van der Waals surface area contributed by atoms with Crippen molar-refractivity contribution in [3.05, 3.63) is 53.5 Å². The predicted octanol–water partition coefficient (Wildman–Crippen LogP) is 2.06. The summed E-state index contributed by atoms with van der Waals surface area (Å²) < 4.78 is 25.9. The summed E-state index contributed by atoms with van der Waals surface area (Å²) in [5, 5.41) is 6.20. The number of ether oxygens (including phenoxy) is 2. The monoisotopic (exact) mass is 480 g/mol. The van der Waals surface area contributed by atoms with Crippen LogP contribution in [0.2, 0.25) is 0 Å². The van der Waals surface area contributed by atoms with Crippen LogP contribution in [0, 0.1) is 24.6 Å². The summed E-state index contributed by atoms with van der Waals surface area (Å²) >= 11 is 0. The zero-order valence-electron chi connectivity index (χ0n) is 19.5. The van der Waals surface area contributed by atoms with E-state index in [1.807, 2.05) is 43.2 Å². The molecule has 4 atom stereocenters. The number of nitrogens with two attached hydrogens (primary N) is 1. The van der Waals surface area contributed by atoms with Crippen molar-refractivity contribution in [2.75, 3.05) is 50.1 Å². The van der Waals surface area contributed by atoms with Crippen LogP contribution in [0.3, 0.4) is 0 Å². The van der Waals surface area contributed by atoms with Gasteiger partial charge in [0.1, 0.15) is 18.3 Å². The lowest BCUT2D eigenvalue weighted by Crippen LogP contribution is -2.43. The number of fused-ring (bicyclic) bond motifs is 2. The number of nitrogens with zero attached hydrogens (tertiary/aromatic N) is 3. The molecule has 35 heavy (non-hydrogen) atoms. The Hall–Kier alpha value is -3.30. The van der Waals surface area contributed by atoms with Crippen LogP contribution in [0.25, 0.3) is 0 Å². The highest BCUT2D eigenvalue weighted by atomic mass is 19.1. The molecule has 1 aliphatic heterocycles. The molecule has 1 saturated carbocycles. The topological polar surface area (TPSA) is 115 Å². The van der Waals surface area contributed by atoms with E-state index >= 15 is 0 Å². The molecule has 3 aliphatic rings. The van der Waals surface area contributed by atoms with Crippen molar-refractivity contribution in [2.24, 2.45) is 17.6 Å². The van der Waals surface area contributed by atoms with Gasteiger partial charge in [0.2, 0.25) is 5.95 Å². The van der Waals surface area contributed by atoms with Gasteiger partial charge in [-0.15, -0.1) is 0 Å². The van der Waals surface area contributed by atoms with Crippen molar-refractivity contribution in [1.82, 2.24) is 14.9 Å². The number of hydrogen-bond acceptors (Lipinski definition) is 9. The van der Waals surface area contributed by atoms with Crippen LogP contribution in [0.4, 0.5) is 21.8 Å². The number of aromatic nitrogens is 2. The number of anilines is 3. The molecule has 1 aromatic heterocycles. The van der Waals surface area contributed by atoms with Crippen LogP contribution < -0.4 is 21.1 Å². The average Bonchev–Trinajstić information content (AvgIpc) is 3.39. The molecule has 2 fully saturated rings. The van der Waals surface area contributed by atoms with Crippen molar-refractivity contribution in [3.63, 3.8) is 0 Å². The second kappa shape index (κ2) is 10.1. The molecule has 2 heterocycles. The lowest BCUT2D eigenvalue weighted by atomic mass is 9.97. The van der Waals surface area contributed by atoms with Crippen LogP contribution in [-0.4, -0.2) is 72.3 Å². The molecule has 2 aromatic rings. The highest BCUT2D eigenvalue weighted by molar-refractivity contribution is 5.63. The van der Waals surface area contributed by atoms with Crippen molar-refractivity contribution in [1.29, 1.82) is 0 Å². The molecule has 1 saturated heterocycles. The Morgan fingerprint density at radius 2 is 2.09 bits per heavy atom. The van der Waals surface area contributed by atoms with Crippen molar-refractivity contribution in [3.8, 4) is 5.75 Å². The Morgan fingerprint density at radius 3 is 2.86 bits per heavy atom. The predicted molar refractivity (Wildman–Crippen MR) is 130 cm³/mol. The Labute approximate surface area is 203 Å². The van der Waals surface area contributed by atoms with Gasteiger partial charge in [0.15, 0.2) is 11.6 Å². The van der Waals surface area contributed by atoms with Gasteiger partial charge < -0.3 is 25.8 Å². The fourth-order valence-corrected chi connectivity index (χ4v) is 4.86. The lowest BCUT2D eigenvalue weighted by Gasteiger charge is -2.26. The van der Waals surface area contributed by atoms with E-state index in [2.05, 4.69) is 25.5 Å². The third kappa shape index (κ3) is 4.92. The first-order chi connectivity index (χ1) is 17.0. The fraction of sp³-hybridized carbons (Fsp3) is 0.440. The van der Waals surface area contributed by atoms with Gasteiger partial charge in [-0.1, -0.05) is 18.2 Å². The SMILES string of the molecule is Cc1ccc(Nc2ncc(F)c(N[C@H]3[C@@H](N)[C@H]4C=C[C@@H]3C4=C=O)n2)cc1OCCN1CCOCC1. The van der Waals surface area contributed by atoms with E-state index in [-0.39, 0.29) is 35.7 Å². The minimum Gasteiger partial charge on any atom is -0.492 e. The summed E-state index contributed by atoms with van der Waals surface area (Å²) in [6, 6.07) is 5.02. The van der Waals surface area contributed by atoms with Crippen molar-refractivity contribution in [2.45, 2.75) is 19.0 Å². The average molecular weight is 481 g/mol. The van der Waals surface area contributed by atoms with E-state index < -0.39 is 5.82 Å². The molecule has 0 amide bonds. The molecule has 2 bridgehead atoms. The van der Waals surface area contributed by atoms with Gasteiger partial charge in [0.05, 0.1) is 25.5 Å². The van der Waals surface area contributed by atoms with E-state index in [9.17, 15) is 9.18 Å². The molecule has 184 valence electrons. The van der Waals surface area contributed by atoms with Crippen molar-refractivity contribution >= 4 is 23.4 Å². The maximum Gasteiger partial charge on any atom is 0.229 e. The summed E-state index contributed by atoms with van der Waals surface area (Å²) in [6.07, 6.45) is 4.93. The summed E-state index contributed by atoms with van der Waals surface area (Å²) in [5.41, 5.74) is 8.62. The molecular weight excluding hydrogens is 451 g/mol. The van der Waals surface area contributed by atoms with E-state index in [4.69, 9.17) is 15.2 Å². The van der Waals surface area contributed by atoms with E-state index in [1.54, 1.807) is 0 Å². The third-order valence-electron chi connectivity index (χ3n) is 6.84. The van der Waals surface area contributed by atoms with Crippen molar-refractivity contribution < 1.29 is 18.7 Å². The molecule has 0 radical (unpaired) electrons. The zero-order chi connectivity index (χ0) is 24.4. The van der Waals surface area contributed by atoms with Crippen LogP contribution in [0.5, 0.6) is 5.75 Å². The minimum absolute atomic E-state index is 0.0308. The second-order valence-electron chi connectivity index (χ2n) is 9.04. The molecule has 10 heteroatoms. The first kappa shape index (κ1) is 23.4. The molecule has 0 spiro atoms. The molecular formula is C25H29FN6O3. The van der Waals surface area contributed by atoms with E-state index in [0.29, 0.717) is 12.2 Å². The summed E-state index contributed by atoms with van der Waals surface area (Å²) in [7, 11) is 0. The smallest absolute Gasteiger partial charge is 0.229 e. The molecule has 5 rings (SSSR count). The minimum atomic E-state index is -0.595. The fourth-order valence-electron chi connectivity index (χ4n) is 4.86. The van der Waals surface area contributed by atoms with Gasteiger partial charge in [-0.3, -0.25) is 4.90 Å². The van der Waals surface area contributed by atoms with E-state index in [1.165, 1.54) is 0 Å². The number of morpholine rings is 1. The Bertz CT molecular complexity index is 1160. The third-order valence-corrected chi connectivity index (χ3v) is 6.84. The molecule has 2 aliphatic carbocycles. The Morgan fingerprint density at radius 1 is 1.29 bits per heavy atom. The number of rotatable bonds is 8. The van der Waals surface area contributed by atoms with Gasteiger partial charge in [0.25, 0.3) is 0 Å². The molecule has 0 unspecified atom stereocenters. The quantitative estimate of drug-likeness (QED) is 0.386. The van der Waals surface area contributed by atoms with Crippen LogP contribution in [-0.2, 0) is 9.53 Å². The maximum atomic E-state index is 14.5. The molecule has 1 aromatic carbocycles. The van der Waals surface area contributed by atoms with Gasteiger partial charge in [0, 0.05) is 54.8 Å². The first-order valence-electron chi connectivity index (χ1n) is 11.8. The largest absolute Gasteiger partial charge is 0.492 e. The van der Waals surface area contributed by atoms with Gasteiger partial charge >= 0.3 is 0 Å². The Balaban J connectivity index is 1.25. The molecule has 9 nitrogen and oxygen atoms in total. The number of nitrogens with one attached hydrogen (secondary N) is 2. The summed E-state index contributed by atoms with van der Waals surface area (Å²) in [4.78, 5) is 22.0. The van der Waals surface area contributed by atoms with Gasteiger partial charge in [-0.2, -0.15) is 4.98 Å². The maximum absolute atomic E-state index is 14.5. The van der Waals surface area contributed by atoms with Crippen LogP contribution in [0.15, 0.2) is 42.1 Å². The standard InChI is InChI=1S/C25H29FN6O3/c1-15-2-3-16(12-21(15)35-11-8-32-6-9-34-10-7-32)29-25-28-13-20(26)24(31-25)30-23-18-5-4-17(22(23)27)19(18)14-33/h2-5,12-13,17-18,22-23H,6-11,27H2,1H3,(H2,28,29,30,31)/t17-,18+,22-,23+/m0/s1. The van der Waals surface area contributed by atoms with E-state index in [0.717, 1.165) is 56.0 Å². The number of hydrogen-bond donors (Lipinski definition) is 3. The van der Waals surface area contributed by atoms with Gasteiger partial charge in [-0.05, 0) is 18.6 Å². The van der Waals surface area contributed by atoms with Crippen LogP contribution >= 0.6 is 0 Å². The number of aryl methyl sites for hydroxylation is 1. The highest BCUT2D eigenvalue weighted by Crippen LogP contribution is 2.43. The Kier molecular flexibility index (Phi) is 6.79. The summed E-state index contributed by atoms with van der Waals surface area (Å²) in [5.74, 6) is 2.04. The number of halogens is 1. The zero-order valence-corrected chi connectivity index (χ0v) is 19.5. The van der Waals surface area contributed by atoms with Crippen LogP contribution in [0.1, 0.15) is 5.56 Å². The summed E-state index contributed by atoms with van der Waals surface area (Å²) in [6.45, 7) is 6.73. The molecule has 4 N–H and O–H groups in total. The highest BCUT2D eigenvalue weighted by Gasteiger charge is 2.48.